The molecule has 2 aromatic carbocycles. The van der Waals surface area contributed by atoms with E-state index >= 15 is 0 Å². The first-order chi connectivity index (χ1) is 14.9. The summed E-state index contributed by atoms with van der Waals surface area (Å²) in [5, 5.41) is 5.31. The van der Waals surface area contributed by atoms with Crippen LogP contribution in [0.15, 0.2) is 65.6 Å². The highest BCUT2D eigenvalue weighted by Gasteiger charge is 2.26. The molecule has 8 heteroatoms. The monoisotopic (exact) mass is 458 g/mol. The van der Waals surface area contributed by atoms with Crippen molar-refractivity contribution in [1.82, 2.24) is 19.4 Å². The fourth-order valence-corrected chi connectivity index (χ4v) is 5.57. The minimum atomic E-state index is -3.48. The van der Waals surface area contributed by atoms with Crippen molar-refractivity contribution in [2.24, 2.45) is 0 Å². The Kier molecular flexibility index (Phi) is 6.77. The van der Waals surface area contributed by atoms with Gasteiger partial charge in [-0.2, -0.15) is 5.10 Å². The molecule has 0 amide bonds. The lowest BCUT2D eigenvalue weighted by Crippen LogP contribution is -2.44. The van der Waals surface area contributed by atoms with Crippen molar-refractivity contribution in [3.05, 3.63) is 82.6 Å². The molecule has 2 heterocycles. The van der Waals surface area contributed by atoms with Gasteiger partial charge in [-0.15, -0.1) is 0 Å². The van der Waals surface area contributed by atoms with Crippen molar-refractivity contribution in [3.63, 3.8) is 0 Å². The van der Waals surface area contributed by atoms with Crippen LogP contribution in [0.5, 0.6) is 0 Å². The summed E-state index contributed by atoms with van der Waals surface area (Å²) in [6.45, 7) is 4.97. The number of aromatic nitrogens is 2. The van der Waals surface area contributed by atoms with Gasteiger partial charge >= 0.3 is 0 Å². The smallest absolute Gasteiger partial charge is 0.240 e. The lowest BCUT2D eigenvalue weighted by Gasteiger charge is -2.32. The number of piperidine rings is 1. The SMILES string of the molecule is Cc1nn(Cc2ccccc2)c(Cl)c1CN1CCC(NS(=O)(=O)c2ccccc2)CC1. The number of benzene rings is 2. The van der Waals surface area contributed by atoms with Gasteiger partial charge < -0.3 is 0 Å². The summed E-state index contributed by atoms with van der Waals surface area (Å²) < 4.78 is 29.8. The van der Waals surface area contributed by atoms with Crippen LogP contribution < -0.4 is 4.72 Å². The molecule has 1 aliphatic heterocycles. The molecule has 0 atom stereocenters. The molecular formula is C23H27ClN4O2S. The van der Waals surface area contributed by atoms with Crippen LogP contribution in [0.1, 0.15) is 29.7 Å². The zero-order chi connectivity index (χ0) is 21.8. The van der Waals surface area contributed by atoms with Gasteiger partial charge in [-0.05, 0) is 37.5 Å². The van der Waals surface area contributed by atoms with Gasteiger partial charge in [-0.25, -0.2) is 17.8 Å². The Hall–Kier alpha value is -2.19. The van der Waals surface area contributed by atoms with Crippen LogP contribution >= 0.6 is 11.6 Å². The maximum absolute atomic E-state index is 12.6. The molecule has 0 bridgehead atoms. The molecule has 3 aromatic rings. The van der Waals surface area contributed by atoms with E-state index in [1.165, 1.54) is 0 Å². The van der Waals surface area contributed by atoms with Crippen LogP contribution in [0.4, 0.5) is 0 Å². The summed E-state index contributed by atoms with van der Waals surface area (Å²) in [5.41, 5.74) is 3.14. The van der Waals surface area contributed by atoms with E-state index in [-0.39, 0.29) is 6.04 Å². The Morgan fingerprint density at radius 3 is 2.26 bits per heavy atom. The minimum Gasteiger partial charge on any atom is -0.299 e. The molecule has 164 valence electrons. The zero-order valence-corrected chi connectivity index (χ0v) is 19.1. The molecule has 31 heavy (non-hydrogen) atoms. The zero-order valence-electron chi connectivity index (χ0n) is 17.5. The molecule has 1 saturated heterocycles. The van der Waals surface area contributed by atoms with Crippen molar-refractivity contribution in [3.8, 4) is 0 Å². The maximum atomic E-state index is 12.6. The predicted molar refractivity (Wildman–Crippen MR) is 123 cm³/mol. The summed E-state index contributed by atoms with van der Waals surface area (Å²) >= 11 is 6.66. The second-order valence-electron chi connectivity index (χ2n) is 7.98. The topological polar surface area (TPSA) is 67.2 Å². The lowest BCUT2D eigenvalue weighted by molar-refractivity contribution is 0.199. The average molecular weight is 459 g/mol. The van der Waals surface area contributed by atoms with Gasteiger partial charge in [0.15, 0.2) is 0 Å². The first kappa shape index (κ1) is 22.0. The van der Waals surface area contributed by atoms with Crippen LogP contribution in [0, 0.1) is 6.92 Å². The van der Waals surface area contributed by atoms with Gasteiger partial charge in [-0.3, -0.25) is 4.90 Å². The van der Waals surface area contributed by atoms with Gasteiger partial charge in [0.2, 0.25) is 10.0 Å². The van der Waals surface area contributed by atoms with E-state index in [4.69, 9.17) is 11.6 Å². The Morgan fingerprint density at radius 2 is 1.61 bits per heavy atom. The van der Waals surface area contributed by atoms with Crippen LogP contribution in [-0.2, 0) is 23.1 Å². The molecular weight excluding hydrogens is 432 g/mol. The summed E-state index contributed by atoms with van der Waals surface area (Å²) in [6, 6.07) is 18.6. The first-order valence-electron chi connectivity index (χ1n) is 10.5. The number of nitrogens with zero attached hydrogens (tertiary/aromatic N) is 3. The normalized spacial score (nSPS) is 15.9. The number of sulfonamides is 1. The van der Waals surface area contributed by atoms with Crippen molar-refractivity contribution >= 4 is 21.6 Å². The quantitative estimate of drug-likeness (QED) is 0.584. The van der Waals surface area contributed by atoms with Gasteiger partial charge in [0.1, 0.15) is 5.15 Å². The highest BCUT2D eigenvalue weighted by atomic mass is 35.5. The van der Waals surface area contributed by atoms with Crippen molar-refractivity contribution in [2.75, 3.05) is 13.1 Å². The van der Waals surface area contributed by atoms with Crippen LogP contribution in [-0.4, -0.2) is 42.2 Å². The minimum absolute atomic E-state index is 0.0566. The third-order valence-electron chi connectivity index (χ3n) is 5.70. The van der Waals surface area contributed by atoms with E-state index in [1.54, 1.807) is 24.3 Å². The number of rotatable bonds is 7. The third-order valence-corrected chi connectivity index (χ3v) is 7.66. The van der Waals surface area contributed by atoms with E-state index < -0.39 is 10.0 Å². The lowest BCUT2D eigenvalue weighted by atomic mass is 10.1. The second-order valence-corrected chi connectivity index (χ2v) is 10.1. The van der Waals surface area contributed by atoms with Crippen molar-refractivity contribution in [2.45, 2.75) is 43.8 Å². The highest BCUT2D eigenvalue weighted by Crippen LogP contribution is 2.24. The molecule has 0 unspecified atom stereocenters. The van der Waals surface area contributed by atoms with Gasteiger partial charge in [0, 0.05) is 31.2 Å². The third kappa shape index (κ3) is 5.36. The fourth-order valence-electron chi connectivity index (χ4n) is 3.95. The highest BCUT2D eigenvalue weighted by molar-refractivity contribution is 7.89. The van der Waals surface area contributed by atoms with E-state index in [9.17, 15) is 8.42 Å². The fraction of sp³-hybridized carbons (Fsp3) is 0.348. The Labute approximate surface area is 188 Å². The standard InChI is InChI=1S/C23H27ClN4O2S/c1-18-22(23(24)28(25-18)16-19-8-4-2-5-9-19)17-27-14-12-20(13-15-27)26-31(29,30)21-10-6-3-7-11-21/h2-11,20,26H,12-17H2,1H3. The number of halogens is 1. The van der Waals surface area contributed by atoms with Crippen molar-refractivity contribution < 1.29 is 8.42 Å². The predicted octanol–water partition coefficient (Wildman–Crippen LogP) is 3.84. The van der Waals surface area contributed by atoms with E-state index in [0.717, 1.165) is 49.3 Å². The number of likely N-dealkylation sites (tertiary alicyclic amines) is 1. The largest absolute Gasteiger partial charge is 0.299 e. The maximum Gasteiger partial charge on any atom is 0.240 e. The molecule has 6 nitrogen and oxygen atoms in total. The average Bonchev–Trinajstić information content (AvgIpc) is 3.03. The summed E-state index contributed by atoms with van der Waals surface area (Å²) in [6.07, 6.45) is 1.53. The Morgan fingerprint density at radius 1 is 1.00 bits per heavy atom. The molecule has 1 aromatic heterocycles. The van der Waals surface area contributed by atoms with Gasteiger partial charge in [0.05, 0.1) is 17.1 Å². The number of nitrogens with one attached hydrogen (secondary N) is 1. The summed E-state index contributed by atoms with van der Waals surface area (Å²) in [5.74, 6) is 0. The van der Waals surface area contributed by atoms with Crippen LogP contribution in [0.3, 0.4) is 0 Å². The van der Waals surface area contributed by atoms with E-state index in [0.29, 0.717) is 16.6 Å². The Balaban J connectivity index is 1.35. The first-order valence-corrected chi connectivity index (χ1v) is 12.3. The molecule has 0 aliphatic carbocycles. The molecule has 4 rings (SSSR count). The van der Waals surface area contributed by atoms with E-state index in [2.05, 4.69) is 26.9 Å². The van der Waals surface area contributed by atoms with Gasteiger partial charge in [0.25, 0.3) is 0 Å². The molecule has 0 saturated carbocycles. The number of aryl methyl sites for hydroxylation is 1. The van der Waals surface area contributed by atoms with Crippen LogP contribution in [0.25, 0.3) is 0 Å². The molecule has 1 N–H and O–H groups in total. The van der Waals surface area contributed by atoms with Crippen molar-refractivity contribution in [1.29, 1.82) is 0 Å². The molecule has 1 fully saturated rings. The second kappa shape index (κ2) is 9.53. The van der Waals surface area contributed by atoms with Crippen LogP contribution in [0.2, 0.25) is 5.15 Å². The Bertz CT molecular complexity index is 1110. The number of hydrogen-bond donors (Lipinski definition) is 1. The summed E-state index contributed by atoms with van der Waals surface area (Å²) in [7, 11) is -3.48. The molecule has 0 spiro atoms. The van der Waals surface area contributed by atoms with E-state index in [1.807, 2.05) is 35.9 Å². The molecule has 0 radical (unpaired) electrons. The molecule has 1 aliphatic rings. The van der Waals surface area contributed by atoms with Gasteiger partial charge in [-0.1, -0.05) is 60.1 Å². The number of hydrogen-bond acceptors (Lipinski definition) is 4. The summed E-state index contributed by atoms with van der Waals surface area (Å²) in [4.78, 5) is 2.63.